The van der Waals surface area contributed by atoms with Crippen molar-refractivity contribution in [2.75, 3.05) is 0 Å². The Kier molecular flexibility index (Phi) is 3.91. The van der Waals surface area contributed by atoms with Crippen LogP contribution in [0.5, 0.6) is 0 Å². The Balaban J connectivity index is 2.33. The topological polar surface area (TPSA) is 23.8 Å². The molecule has 2 aromatic carbocycles. The van der Waals surface area contributed by atoms with E-state index in [0.29, 0.717) is 0 Å². The van der Waals surface area contributed by atoms with Crippen LogP contribution in [0.15, 0.2) is 48.5 Å². The third-order valence-electron chi connectivity index (χ3n) is 2.43. The van der Waals surface area contributed by atoms with Crippen LogP contribution in [0.25, 0.3) is 0 Å². The number of rotatable bonds is 2. The van der Waals surface area contributed by atoms with E-state index >= 15 is 0 Å². The first kappa shape index (κ1) is 11.8. The van der Waals surface area contributed by atoms with Crippen molar-refractivity contribution in [2.24, 2.45) is 0 Å². The van der Waals surface area contributed by atoms with Gasteiger partial charge in [0.1, 0.15) is 0 Å². The molecule has 82 valence electrons. The fourth-order valence-corrected chi connectivity index (χ4v) is 3.63. The molecule has 17 heavy (non-hydrogen) atoms. The van der Waals surface area contributed by atoms with E-state index in [-0.39, 0.29) is 15.3 Å². The average Bonchev–Trinajstić information content (AvgIpc) is 2.38. The second-order valence-corrected chi connectivity index (χ2v) is 5.90. The van der Waals surface area contributed by atoms with Gasteiger partial charge in [-0.1, -0.05) is 0 Å². The van der Waals surface area contributed by atoms with Gasteiger partial charge in [-0.05, 0) is 0 Å². The Labute approximate surface area is 108 Å². The summed E-state index contributed by atoms with van der Waals surface area (Å²) in [5.74, 6) is 0. The summed E-state index contributed by atoms with van der Waals surface area (Å²) in [5.41, 5.74) is 3.26. The zero-order chi connectivity index (χ0) is 12.1. The van der Waals surface area contributed by atoms with Gasteiger partial charge >= 0.3 is 108 Å². The number of hydrogen-bond donors (Lipinski definition) is 0. The molecule has 0 aliphatic heterocycles. The predicted octanol–water partition coefficient (Wildman–Crippen LogP) is 2.05. The Morgan fingerprint density at radius 2 is 1.88 bits per heavy atom. The molecular formula is C15H12AsN. The minimum atomic E-state index is -0.0899. The second kappa shape index (κ2) is 5.62. The first-order valence-corrected chi connectivity index (χ1v) is 7.41. The summed E-state index contributed by atoms with van der Waals surface area (Å²) in [6.07, 6.45) is 0. The summed E-state index contributed by atoms with van der Waals surface area (Å²) >= 11 is -0.0899. The van der Waals surface area contributed by atoms with Gasteiger partial charge in [-0.3, -0.25) is 0 Å². The molecule has 0 N–H and O–H groups in total. The van der Waals surface area contributed by atoms with Crippen LogP contribution in [0.1, 0.15) is 16.7 Å². The van der Waals surface area contributed by atoms with Crippen molar-refractivity contribution in [2.45, 2.75) is 6.92 Å². The maximum absolute atomic E-state index is 9.06. The van der Waals surface area contributed by atoms with E-state index < -0.39 is 0 Å². The third-order valence-corrected chi connectivity index (χ3v) is 4.68. The van der Waals surface area contributed by atoms with Crippen molar-refractivity contribution < 1.29 is 0 Å². The van der Waals surface area contributed by atoms with Crippen LogP contribution in [-0.4, -0.2) is 20.1 Å². The van der Waals surface area contributed by atoms with Crippen molar-refractivity contribution in [3.63, 3.8) is 0 Å². The summed E-state index contributed by atoms with van der Waals surface area (Å²) in [7, 11) is 0. The molecule has 0 atom stereocenters. The van der Waals surface area contributed by atoms with Crippen LogP contribution in [0.4, 0.5) is 0 Å². The van der Waals surface area contributed by atoms with Gasteiger partial charge in [0.25, 0.3) is 0 Å². The molecule has 0 amide bonds. The molecule has 0 saturated heterocycles. The Morgan fingerprint density at radius 1 is 1.12 bits per heavy atom. The van der Waals surface area contributed by atoms with Crippen molar-refractivity contribution in [3.8, 4) is 6.07 Å². The van der Waals surface area contributed by atoms with E-state index in [4.69, 9.17) is 5.26 Å². The number of nitrogens with zero attached hydrogens (tertiary/aromatic N) is 1. The molecule has 1 nitrogen and oxygen atoms in total. The summed E-state index contributed by atoms with van der Waals surface area (Å²) in [4.78, 5) is 2.24. The molecule has 0 heterocycles. The number of nitriles is 1. The van der Waals surface area contributed by atoms with Crippen LogP contribution >= 0.6 is 0 Å². The van der Waals surface area contributed by atoms with E-state index in [0.717, 1.165) is 5.56 Å². The number of benzene rings is 2. The molecule has 2 heteroatoms. The summed E-state index contributed by atoms with van der Waals surface area (Å²) < 4.78 is 1.19. The predicted molar refractivity (Wildman–Crippen MR) is 72.9 cm³/mol. The number of hydrogen-bond acceptors (Lipinski definition) is 1. The van der Waals surface area contributed by atoms with Gasteiger partial charge in [0.2, 0.25) is 0 Å². The zero-order valence-corrected chi connectivity index (χ0v) is 11.5. The fourth-order valence-electron chi connectivity index (χ4n) is 1.53. The maximum atomic E-state index is 9.06. The van der Waals surface area contributed by atoms with Crippen LogP contribution in [0, 0.1) is 18.3 Å². The summed E-state index contributed by atoms with van der Waals surface area (Å²) in [5, 5.41) is 9.06. The van der Waals surface area contributed by atoms with Gasteiger partial charge in [0.05, 0.1) is 0 Å². The normalized spacial score (nSPS) is 10.4. The van der Waals surface area contributed by atoms with E-state index in [1.165, 1.54) is 15.5 Å². The van der Waals surface area contributed by atoms with Crippen LogP contribution in [0.3, 0.4) is 0 Å². The molecule has 0 saturated carbocycles. The minimum absolute atomic E-state index is 0.0899. The quantitative estimate of drug-likeness (QED) is 0.773. The van der Waals surface area contributed by atoms with Gasteiger partial charge in [0, 0.05) is 0 Å². The molecule has 0 radical (unpaired) electrons. The molecule has 2 aromatic rings. The second-order valence-electron chi connectivity index (χ2n) is 3.80. The van der Waals surface area contributed by atoms with Crippen LogP contribution < -0.4 is 4.35 Å². The molecule has 0 aliphatic carbocycles. The molecule has 0 aromatic heterocycles. The molecule has 0 aliphatic rings. The SMILES string of the molecule is Cc1ccc(C#N)c(/[As]=C/c2ccccc2)c1. The molecule has 2 rings (SSSR count). The van der Waals surface area contributed by atoms with Crippen molar-refractivity contribution >= 4 is 24.5 Å². The molecular weight excluding hydrogens is 269 g/mol. The van der Waals surface area contributed by atoms with Crippen LogP contribution in [-0.2, 0) is 0 Å². The number of aryl methyl sites for hydroxylation is 1. The Bertz CT molecular complexity index is 580. The van der Waals surface area contributed by atoms with E-state index in [2.05, 4.69) is 36.0 Å². The first-order valence-electron chi connectivity index (χ1n) is 5.39. The van der Waals surface area contributed by atoms with Crippen molar-refractivity contribution in [1.29, 1.82) is 5.26 Å². The summed E-state index contributed by atoms with van der Waals surface area (Å²) in [6.45, 7) is 2.06. The molecule has 0 unspecified atom stereocenters. The van der Waals surface area contributed by atoms with E-state index in [9.17, 15) is 0 Å². The van der Waals surface area contributed by atoms with Gasteiger partial charge in [-0.15, -0.1) is 0 Å². The van der Waals surface area contributed by atoms with Gasteiger partial charge < -0.3 is 0 Å². The van der Waals surface area contributed by atoms with Gasteiger partial charge in [0.15, 0.2) is 0 Å². The third kappa shape index (κ3) is 3.16. The zero-order valence-electron chi connectivity index (χ0n) is 9.59. The standard InChI is InChI=1S/C15H12AsN/c1-12-7-8-14(11-17)15(9-12)16-10-13-5-3-2-4-6-13/h2-10H,1H3. The van der Waals surface area contributed by atoms with Crippen LogP contribution in [0.2, 0.25) is 0 Å². The molecule has 0 bridgehead atoms. The fraction of sp³-hybridized carbons (Fsp3) is 0.0667. The molecule has 0 spiro atoms. The first-order chi connectivity index (χ1) is 8.29. The van der Waals surface area contributed by atoms with Gasteiger partial charge in [-0.2, -0.15) is 0 Å². The Morgan fingerprint density at radius 3 is 2.59 bits per heavy atom. The Hall–Kier alpha value is -1.64. The van der Waals surface area contributed by atoms with E-state index in [1.807, 2.05) is 30.3 Å². The monoisotopic (exact) mass is 281 g/mol. The van der Waals surface area contributed by atoms with Crippen molar-refractivity contribution in [1.82, 2.24) is 0 Å². The van der Waals surface area contributed by atoms with E-state index in [1.54, 1.807) is 0 Å². The molecule has 0 fully saturated rings. The summed E-state index contributed by atoms with van der Waals surface area (Å²) in [6, 6.07) is 18.6. The van der Waals surface area contributed by atoms with Crippen molar-refractivity contribution in [3.05, 3.63) is 65.2 Å². The van der Waals surface area contributed by atoms with Gasteiger partial charge in [-0.25, -0.2) is 0 Å². The average molecular weight is 281 g/mol.